The predicted octanol–water partition coefficient (Wildman–Crippen LogP) is 1.71. The van der Waals surface area contributed by atoms with E-state index in [4.69, 9.17) is 5.11 Å². The molecule has 1 aromatic carbocycles. The fourth-order valence-electron chi connectivity index (χ4n) is 1.36. The van der Waals surface area contributed by atoms with E-state index in [0.29, 0.717) is 19.0 Å². The molecular formula is C12H15F2NO2. The fraction of sp³-hybridized carbons (Fsp3) is 0.417. The quantitative estimate of drug-likeness (QED) is 0.827. The highest BCUT2D eigenvalue weighted by atomic mass is 19.1. The van der Waals surface area contributed by atoms with E-state index >= 15 is 0 Å². The summed E-state index contributed by atoms with van der Waals surface area (Å²) in [5.74, 6) is -2.07. The van der Waals surface area contributed by atoms with Gasteiger partial charge in [0.1, 0.15) is 11.6 Å². The van der Waals surface area contributed by atoms with Gasteiger partial charge in [-0.15, -0.1) is 0 Å². The topological polar surface area (TPSA) is 49.3 Å². The maximum absolute atomic E-state index is 13.2. The van der Waals surface area contributed by atoms with Gasteiger partial charge in [0.05, 0.1) is 5.56 Å². The molecule has 5 heteroatoms. The van der Waals surface area contributed by atoms with Gasteiger partial charge in [0.15, 0.2) is 0 Å². The van der Waals surface area contributed by atoms with Crippen LogP contribution in [0.5, 0.6) is 0 Å². The Balaban J connectivity index is 2.58. The van der Waals surface area contributed by atoms with Gasteiger partial charge in [0, 0.05) is 19.2 Å². The van der Waals surface area contributed by atoms with Gasteiger partial charge in [-0.25, -0.2) is 8.78 Å². The summed E-state index contributed by atoms with van der Waals surface area (Å²) in [6.45, 7) is 2.25. The van der Waals surface area contributed by atoms with Crippen molar-refractivity contribution in [2.75, 3.05) is 13.2 Å². The summed E-state index contributed by atoms with van der Waals surface area (Å²) in [4.78, 5) is 11.5. The Labute approximate surface area is 98.5 Å². The number of aliphatic hydroxyl groups excluding tert-OH is 1. The Kier molecular flexibility index (Phi) is 5.03. The Morgan fingerprint density at radius 3 is 2.76 bits per heavy atom. The van der Waals surface area contributed by atoms with Gasteiger partial charge in [-0.05, 0) is 24.5 Å². The molecule has 2 N–H and O–H groups in total. The fourth-order valence-corrected chi connectivity index (χ4v) is 1.36. The summed E-state index contributed by atoms with van der Waals surface area (Å²) < 4.78 is 25.9. The monoisotopic (exact) mass is 243 g/mol. The maximum atomic E-state index is 13.2. The van der Waals surface area contributed by atoms with E-state index in [1.165, 1.54) is 0 Å². The van der Waals surface area contributed by atoms with Gasteiger partial charge in [0.2, 0.25) is 0 Å². The van der Waals surface area contributed by atoms with Crippen LogP contribution in [0, 0.1) is 17.6 Å². The van der Waals surface area contributed by atoms with Gasteiger partial charge in [-0.3, -0.25) is 4.79 Å². The van der Waals surface area contributed by atoms with Crippen LogP contribution < -0.4 is 5.32 Å². The van der Waals surface area contributed by atoms with Crippen LogP contribution in [0.2, 0.25) is 0 Å². The molecule has 3 nitrogen and oxygen atoms in total. The third-order valence-electron chi connectivity index (χ3n) is 2.41. The van der Waals surface area contributed by atoms with Crippen molar-refractivity contribution in [1.82, 2.24) is 5.32 Å². The second kappa shape index (κ2) is 6.30. The minimum Gasteiger partial charge on any atom is -0.396 e. The average molecular weight is 243 g/mol. The lowest BCUT2D eigenvalue weighted by Crippen LogP contribution is -2.29. The first-order valence-electron chi connectivity index (χ1n) is 5.38. The molecule has 0 fully saturated rings. The Morgan fingerprint density at radius 1 is 1.47 bits per heavy atom. The molecule has 0 aliphatic carbocycles. The number of benzene rings is 1. The van der Waals surface area contributed by atoms with Crippen LogP contribution in [0.4, 0.5) is 8.78 Å². The molecule has 0 aromatic heterocycles. The third-order valence-corrected chi connectivity index (χ3v) is 2.41. The van der Waals surface area contributed by atoms with Crippen molar-refractivity contribution in [2.45, 2.75) is 13.3 Å². The zero-order chi connectivity index (χ0) is 12.8. The smallest absolute Gasteiger partial charge is 0.254 e. The molecule has 1 aromatic rings. The highest BCUT2D eigenvalue weighted by Gasteiger charge is 2.12. The number of halogens is 2. The lowest BCUT2D eigenvalue weighted by atomic mass is 10.1. The van der Waals surface area contributed by atoms with Gasteiger partial charge in [0.25, 0.3) is 5.91 Å². The maximum Gasteiger partial charge on any atom is 0.254 e. The number of amides is 1. The largest absolute Gasteiger partial charge is 0.396 e. The van der Waals surface area contributed by atoms with E-state index in [2.05, 4.69) is 5.32 Å². The second-order valence-electron chi connectivity index (χ2n) is 3.95. The summed E-state index contributed by atoms with van der Waals surface area (Å²) in [7, 11) is 0. The van der Waals surface area contributed by atoms with Crippen LogP contribution in [-0.4, -0.2) is 24.2 Å². The van der Waals surface area contributed by atoms with E-state index in [1.807, 2.05) is 6.92 Å². The van der Waals surface area contributed by atoms with Crippen LogP contribution in [0.1, 0.15) is 23.7 Å². The highest BCUT2D eigenvalue weighted by molar-refractivity contribution is 5.94. The first-order chi connectivity index (χ1) is 8.04. The molecule has 1 amide bonds. The second-order valence-corrected chi connectivity index (χ2v) is 3.95. The Hall–Kier alpha value is -1.49. The minimum atomic E-state index is -0.877. The minimum absolute atomic E-state index is 0.0436. The van der Waals surface area contributed by atoms with Crippen molar-refractivity contribution in [2.24, 2.45) is 5.92 Å². The van der Waals surface area contributed by atoms with Crippen LogP contribution in [0.25, 0.3) is 0 Å². The molecule has 0 spiro atoms. The molecule has 1 unspecified atom stereocenters. The zero-order valence-electron chi connectivity index (χ0n) is 9.54. The number of hydrogen-bond acceptors (Lipinski definition) is 2. The van der Waals surface area contributed by atoms with Crippen molar-refractivity contribution in [3.63, 3.8) is 0 Å². The van der Waals surface area contributed by atoms with E-state index in [-0.39, 0.29) is 18.1 Å². The lowest BCUT2D eigenvalue weighted by molar-refractivity contribution is 0.0941. The molecule has 0 saturated carbocycles. The van der Waals surface area contributed by atoms with Gasteiger partial charge < -0.3 is 10.4 Å². The molecule has 17 heavy (non-hydrogen) atoms. The van der Waals surface area contributed by atoms with Crippen molar-refractivity contribution in [1.29, 1.82) is 0 Å². The van der Waals surface area contributed by atoms with Crippen molar-refractivity contribution >= 4 is 5.91 Å². The first kappa shape index (κ1) is 13.6. The summed E-state index contributed by atoms with van der Waals surface area (Å²) in [6.07, 6.45) is 0.562. The predicted molar refractivity (Wildman–Crippen MR) is 59.6 cm³/mol. The Bertz CT molecular complexity index is 396. The summed E-state index contributed by atoms with van der Waals surface area (Å²) >= 11 is 0. The van der Waals surface area contributed by atoms with E-state index < -0.39 is 17.5 Å². The zero-order valence-corrected chi connectivity index (χ0v) is 9.54. The Morgan fingerprint density at radius 2 is 2.18 bits per heavy atom. The number of carbonyl (C=O) groups is 1. The normalized spacial score (nSPS) is 12.2. The molecule has 0 aliphatic heterocycles. The summed E-state index contributed by atoms with van der Waals surface area (Å²) in [6, 6.07) is 2.82. The molecular weight excluding hydrogens is 228 g/mol. The molecule has 0 bridgehead atoms. The van der Waals surface area contributed by atoms with E-state index in [1.54, 1.807) is 0 Å². The van der Waals surface area contributed by atoms with Crippen LogP contribution in [-0.2, 0) is 0 Å². The average Bonchev–Trinajstić information content (AvgIpc) is 2.26. The molecule has 0 aliphatic rings. The van der Waals surface area contributed by atoms with Crippen molar-refractivity contribution in [3.05, 3.63) is 35.4 Å². The molecule has 0 radical (unpaired) electrons. The molecule has 1 atom stereocenters. The van der Waals surface area contributed by atoms with Gasteiger partial charge in [-0.2, -0.15) is 0 Å². The number of nitrogens with one attached hydrogen (secondary N) is 1. The van der Waals surface area contributed by atoms with Gasteiger partial charge >= 0.3 is 0 Å². The SMILES string of the molecule is CC(CCO)CNC(=O)c1ccc(F)cc1F. The number of carbonyl (C=O) groups excluding carboxylic acids is 1. The molecule has 0 heterocycles. The summed E-state index contributed by atoms with van der Waals surface area (Å²) in [5.41, 5.74) is -0.178. The van der Waals surface area contributed by atoms with Gasteiger partial charge in [-0.1, -0.05) is 6.92 Å². The third kappa shape index (κ3) is 4.11. The van der Waals surface area contributed by atoms with E-state index in [9.17, 15) is 13.6 Å². The molecule has 0 saturated heterocycles. The number of aliphatic hydroxyl groups is 1. The van der Waals surface area contributed by atoms with Crippen LogP contribution in [0.3, 0.4) is 0 Å². The molecule has 94 valence electrons. The highest BCUT2D eigenvalue weighted by Crippen LogP contribution is 2.09. The number of rotatable bonds is 5. The molecule has 1 rings (SSSR count). The van der Waals surface area contributed by atoms with Crippen LogP contribution in [0.15, 0.2) is 18.2 Å². The summed E-state index contributed by atoms with van der Waals surface area (Å²) in [5, 5.41) is 11.2. The van der Waals surface area contributed by atoms with Crippen LogP contribution >= 0.6 is 0 Å². The van der Waals surface area contributed by atoms with E-state index in [0.717, 1.165) is 12.1 Å². The van der Waals surface area contributed by atoms with Crippen molar-refractivity contribution < 1.29 is 18.7 Å². The van der Waals surface area contributed by atoms with Crippen molar-refractivity contribution in [3.8, 4) is 0 Å². The number of hydrogen-bond donors (Lipinski definition) is 2. The lowest BCUT2D eigenvalue weighted by Gasteiger charge is -2.11. The first-order valence-corrected chi connectivity index (χ1v) is 5.38. The standard InChI is InChI=1S/C12H15F2NO2/c1-8(4-5-16)7-15-12(17)10-3-2-9(13)6-11(10)14/h2-3,6,8,16H,4-5,7H2,1H3,(H,15,17).